The highest BCUT2D eigenvalue weighted by atomic mass is 16.5. The number of piperidine rings is 1. The van der Waals surface area contributed by atoms with Crippen LogP contribution in [0.1, 0.15) is 41.2 Å². The van der Waals surface area contributed by atoms with E-state index in [2.05, 4.69) is 25.5 Å². The number of primary amides is 1. The summed E-state index contributed by atoms with van der Waals surface area (Å²) in [6, 6.07) is 2.98. The maximum atomic E-state index is 13.0. The molecule has 11 nitrogen and oxygen atoms in total. The summed E-state index contributed by atoms with van der Waals surface area (Å²) in [6.45, 7) is 0.452. The van der Waals surface area contributed by atoms with Gasteiger partial charge in [-0.05, 0) is 37.0 Å². The molecule has 1 aliphatic rings. The molecule has 4 N–H and O–H groups in total. The highest BCUT2D eigenvalue weighted by Gasteiger charge is 2.32. The molecule has 1 atom stereocenters. The number of hydrogen-bond donors (Lipinski definition) is 3. The minimum atomic E-state index is -0.827. The average molecular weight is 423 g/mol. The molecule has 0 unspecified atom stereocenters. The van der Waals surface area contributed by atoms with Crippen LogP contribution in [0.15, 0.2) is 30.7 Å². The molecule has 160 valence electrons. The normalized spacial score (nSPS) is 16.2. The molecule has 11 heteroatoms. The van der Waals surface area contributed by atoms with E-state index in [-0.39, 0.29) is 23.2 Å². The first-order chi connectivity index (χ1) is 15.0. The van der Waals surface area contributed by atoms with Gasteiger partial charge in [-0.15, -0.1) is 0 Å². The van der Waals surface area contributed by atoms with Gasteiger partial charge in [-0.2, -0.15) is 5.10 Å². The molecule has 3 aromatic heterocycles. The second kappa shape index (κ2) is 8.38. The van der Waals surface area contributed by atoms with Crippen LogP contribution in [-0.2, 0) is 9.59 Å². The fraction of sp³-hybridized carbons (Fsp3) is 0.300. The van der Waals surface area contributed by atoms with Crippen molar-refractivity contribution in [3.8, 4) is 5.88 Å². The summed E-state index contributed by atoms with van der Waals surface area (Å²) in [5.41, 5.74) is 7.00. The number of pyridine rings is 2. The summed E-state index contributed by atoms with van der Waals surface area (Å²) in [5.74, 6) is -2.22. The smallest absolute Gasteiger partial charge is 0.313 e. The van der Waals surface area contributed by atoms with Crippen molar-refractivity contribution in [1.29, 1.82) is 0 Å². The summed E-state index contributed by atoms with van der Waals surface area (Å²) in [5, 5.41) is 10.1. The number of ether oxygens (including phenoxy) is 1. The number of nitrogens with two attached hydrogens (primary N) is 1. The minimum Gasteiger partial charge on any atom is -0.480 e. The van der Waals surface area contributed by atoms with Crippen molar-refractivity contribution in [2.45, 2.75) is 25.3 Å². The lowest BCUT2D eigenvalue weighted by molar-refractivity contribution is -0.145. The lowest BCUT2D eigenvalue weighted by Gasteiger charge is -2.35. The van der Waals surface area contributed by atoms with Gasteiger partial charge < -0.3 is 20.7 Å². The van der Waals surface area contributed by atoms with Gasteiger partial charge in [-0.1, -0.05) is 0 Å². The van der Waals surface area contributed by atoms with Crippen LogP contribution in [0, 0.1) is 0 Å². The Balaban J connectivity index is 1.54. The fourth-order valence-corrected chi connectivity index (χ4v) is 3.73. The number of amides is 3. The van der Waals surface area contributed by atoms with E-state index in [9.17, 15) is 14.4 Å². The third kappa shape index (κ3) is 4.02. The number of nitrogens with zero attached hydrogens (tertiary/aromatic N) is 4. The third-order valence-corrected chi connectivity index (χ3v) is 5.22. The third-order valence-electron chi connectivity index (χ3n) is 5.22. The van der Waals surface area contributed by atoms with E-state index in [0.29, 0.717) is 12.2 Å². The number of rotatable bonds is 4. The minimum absolute atomic E-state index is 0.00286. The van der Waals surface area contributed by atoms with Crippen LogP contribution < -0.4 is 15.8 Å². The lowest BCUT2D eigenvalue weighted by Crippen LogP contribution is -2.44. The molecule has 0 saturated carbocycles. The van der Waals surface area contributed by atoms with Gasteiger partial charge in [0.25, 0.3) is 5.91 Å². The molecule has 1 fully saturated rings. The van der Waals surface area contributed by atoms with E-state index >= 15 is 0 Å². The Morgan fingerprint density at radius 2 is 2.03 bits per heavy atom. The van der Waals surface area contributed by atoms with Crippen molar-refractivity contribution in [3.63, 3.8) is 0 Å². The van der Waals surface area contributed by atoms with Crippen LogP contribution in [0.3, 0.4) is 0 Å². The van der Waals surface area contributed by atoms with Crippen molar-refractivity contribution in [2.75, 3.05) is 19.0 Å². The first kappa shape index (κ1) is 20.3. The molecule has 1 saturated heterocycles. The van der Waals surface area contributed by atoms with Gasteiger partial charge in [-0.25, -0.2) is 9.97 Å². The van der Waals surface area contributed by atoms with Crippen LogP contribution in [0.4, 0.5) is 5.69 Å². The zero-order valence-electron chi connectivity index (χ0n) is 16.8. The van der Waals surface area contributed by atoms with Crippen molar-refractivity contribution in [1.82, 2.24) is 25.1 Å². The number of aromatic amines is 1. The van der Waals surface area contributed by atoms with E-state index in [1.165, 1.54) is 19.4 Å². The number of carbonyl (C=O) groups is 3. The van der Waals surface area contributed by atoms with Crippen molar-refractivity contribution in [2.24, 2.45) is 5.73 Å². The molecular formula is C20H21N7O4. The molecule has 1 aliphatic heterocycles. The SMILES string of the molecule is COc1ncc(NC(=O)C(=O)N2CCCC[C@H]2c2cnc3[nH]ncc3c2)cc1C(N)=O. The monoisotopic (exact) mass is 423 g/mol. The standard InChI is InChI=1S/C20H21N7O4/c1-31-19-14(16(21)28)7-13(10-23-19)25-18(29)20(30)27-5-3-2-4-15(27)11-6-12-9-24-26-17(12)22-8-11/h6-10,15H,2-5H2,1H3,(H2,21,28)(H,25,29)(H,22,24,26)/t15-/m0/s1. The molecule has 4 rings (SSSR count). The number of aromatic nitrogens is 4. The van der Waals surface area contributed by atoms with Gasteiger partial charge in [0, 0.05) is 18.1 Å². The lowest BCUT2D eigenvalue weighted by atomic mass is 9.95. The second-order valence-electron chi connectivity index (χ2n) is 7.19. The summed E-state index contributed by atoms with van der Waals surface area (Å²) in [7, 11) is 1.35. The maximum absolute atomic E-state index is 13.0. The zero-order chi connectivity index (χ0) is 22.0. The second-order valence-corrected chi connectivity index (χ2v) is 7.19. The van der Waals surface area contributed by atoms with Gasteiger partial charge in [0.1, 0.15) is 5.56 Å². The zero-order valence-corrected chi connectivity index (χ0v) is 16.8. The molecule has 0 aliphatic carbocycles. The fourth-order valence-electron chi connectivity index (χ4n) is 3.73. The van der Waals surface area contributed by atoms with E-state index in [4.69, 9.17) is 10.5 Å². The Bertz CT molecular complexity index is 1160. The predicted molar refractivity (Wildman–Crippen MR) is 110 cm³/mol. The summed E-state index contributed by atoms with van der Waals surface area (Å²) >= 11 is 0. The van der Waals surface area contributed by atoms with Crippen molar-refractivity contribution < 1.29 is 19.1 Å². The molecule has 31 heavy (non-hydrogen) atoms. The first-order valence-electron chi connectivity index (χ1n) is 9.72. The number of methoxy groups -OCH3 is 1. The number of likely N-dealkylation sites (tertiary alicyclic amines) is 1. The topological polar surface area (TPSA) is 156 Å². The Morgan fingerprint density at radius 3 is 2.81 bits per heavy atom. The first-order valence-corrected chi connectivity index (χ1v) is 9.72. The molecule has 0 spiro atoms. The number of H-pyrrole nitrogens is 1. The van der Waals surface area contributed by atoms with Gasteiger partial charge >= 0.3 is 11.8 Å². The van der Waals surface area contributed by atoms with Crippen LogP contribution >= 0.6 is 0 Å². The Labute approximate surface area is 177 Å². The molecule has 3 aromatic rings. The van der Waals surface area contributed by atoms with Crippen LogP contribution in [-0.4, -0.2) is 56.4 Å². The molecule has 0 bridgehead atoms. The predicted octanol–water partition coefficient (Wildman–Crippen LogP) is 1.15. The van der Waals surface area contributed by atoms with Gasteiger partial charge in [0.2, 0.25) is 5.88 Å². The number of carbonyl (C=O) groups excluding carboxylic acids is 3. The maximum Gasteiger partial charge on any atom is 0.313 e. The summed E-state index contributed by atoms with van der Waals surface area (Å²) < 4.78 is 4.98. The average Bonchev–Trinajstić information content (AvgIpc) is 3.26. The number of anilines is 1. The van der Waals surface area contributed by atoms with E-state index < -0.39 is 17.7 Å². The Morgan fingerprint density at radius 1 is 1.19 bits per heavy atom. The van der Waals surface area contributed by atoms with Gasteiger partial charge in [0.05, 0.1) is 31.2 Å². The van der Waals surface area contributed by atoms with Crippen LogP contribution in [0.5, 0.6) is 5.88 Å². The Hall–Kier alpha value is -4.02. The van der Waals surface area contributed by atoms with Crippen molar-refractivity contribution in [3.05, 3.63) is 41.9 Å². The number of hydrogen-bond acceptors (Lipinski definition) is 7. The van der Waals surface area contributed by atoms with Gasteiger partial charge in [-0.3, -0.25) is 19.5 Å². The summed E-state index contributed by atoms with van der Waals surface area (Å²) in [4.78, 5) is 47.1. The highest BCUT2D eigenvalue weighted by Crippen LogP contribution is 2.32. The Kier molecular flexibility index (Phi) is 5.48. The van der Waals surface area contributed by atoms with E-state index in [1.807, 2.05) is 6.07 Å². The van der Waals surface area contributed by atoms with Crippen LogP contribution in [0.2, 0.25) is 0 Å². The molecule has 0 aromatic carbocycles. The van der Waals surface area contributed by atoms with E-state index in [1.54, 1.807) is 17.3 Å². The van der Waals surface area contributed by atoms with Crippen LogP contribution in [0.25, 0.3) is 11.0 Å². The molecular weight excluding hydrogens is 402 g/mol. The molecule has 4 heterocycles. The quantitative estimate of drug-likeness (QED) is 0.531. The van der Waals surface area contributed by atoms with E-state index in [0.717, 1.165) is 30.2 Å². The number of nitrogens with one attached hydrogen (secondary N) is 2. The number of fused-ring (bicyclic) bond motifs is 1. The highest BCUT2D eigenvalue weighted by molar-refractivity contribution is 6.39. The largest absolute Gasteiger partial charge is 0.480 e. The summed E-state index contributed by atoms with van der Waals surface area (Å²) in [6.07, 6.45) is 7.11. The van der Waals surface area contributed by atoms with Crippen molar-refractivity contribution >= 4 is 34.4 Å². The van der Waals surface area contributed by atoms with Gasteiger partial charge in [0.15, 0.2) is 5.65 Å². The molecule has 0 radical (unpaired) electrons. The molecule has 3 amide bonds.